The summed E-state index contributed by atoms with van der Waals surface area (Å²) in [5, 5.41) is 0. The van der Waals surface area contributed by atoms with E-state index < -0.39 is 0 Å². The number of hydrogen-bond acceptors (Lipinski definition) is 0. The zero-order chi connectivity index (χ0) is 8.81. The van der Waals surface area contributed by atoms with E-state index in [-0.39, 0.29) is 0 Å². The highest BCUT2D eigenvalue weighted by Gasteiger charge is 2.11. The average Bonchev–Trinajstić information content (AvgIpc) is 2.02. The Balaban J connectivity index is 2.39. The van der Waals surface area contributed by atoms with Crippen molar-refractivity contribution < 1.29 is 0 Å². The fourth-order valence-corrected chi connectivity index (χ4v) is 1.99. The van der Waals surface area contributed by atoms with Crippen LogP contribution in [-0.4, -0.2) is 0 Å². The fraction of sp³-hybridized carbons (Fsp3) is 0.667. The fourth-order valence-electron chi connectivity index (χ4n) is 1.99. The third kappa shape index (κ3) is 2.84. The molecular formula is C12H20. The quantitative estimate of drug-likeness (QED) is 0.539. The Kier molecular flexibility index (Phi) is 4.13. The number of hydrogen-bond donors (Lipinski definition) is 0. The van der Waals surface area contributed by atoms with Gasteiger partial charge in [-0.2, -0.15) is 0 Å². The molecule has 0 atom stereocenters. The molecule has 0 aromatic rings. The molecule has 1 aliphatic carbocycles. The standard InChI is InChI=1S/C12H20/c1-3-11(2)12-9-7-5-4-6-8-10-12/h3,12H,1-2,4-10H2. The lowest BCUT2D eigenvalue weighted by atomic mass is 9.86. The van der Waals surface area contributed by atoms with Crippen molar-refractivity contribution in [2.24, 2.45) is 5.92 Å². The average molecular weight is 164 g/mol. The van der Waals surface area contributed by atoms with Crippen LogP contribution in [-0.2, 0) is 0 Å². The molecule has 0 N–H and O–H groups in total. The van der Waals surface area contributed by atoms with Crippen LogP contribution in [0.3, 0.4) is 0 Å². The lowest BCUT2D eigenvalue weighted by molar-refractivity contribution is 0.426. The molecule has 0 heterocycles. The van der Waals surface area contributed by atoms with Gasteiger partial charge in [0.05, 0.1) is 0 Å². The molecule has 0 aromatic carbocycles. The molecule has 0 nitrogen and oxygen atoms in total. The molecule has 0 spiro atoms. The van der Waals surface area contributed by atoms with Crippen molar-refractivity contribution >= 4 is 0 Å². The molecule has 0 aliphatic heterocycles. The van der Waals surface area contributed by atoms with Crippen molar-refractivity contribution in [3.63, 3.8) is 0 Å². The van der Waals surface area contributed by atoms with Crippen molar-refractivity contribution in [2.45, 2.75) is 44.9 Å². The van der Waals surface area contributed by atoms with Gasteiger partial charge in [0.2, 0.25) is 0 Å². The normalized spacial score (nSPS) is 21.0. The van der Waals surface area contributed by atoms with E-state index in [1.807, 2.05) is 6.08 Å². The first kappa shape index (κ1) is 9.57. The summed E-state index contributed by atoms with van der Waals surface area (Å²) < 4.78 is 0. The van der Waals surface area contributed by atoms with Gasteiger partial charge in [0.1, 0.15) is 0 Å². The van der Waals surface area contributed by atoms with Crippen LogP contribution in [0.25, 0.3) is 0 Å². The molecule has 0 aromatic heterocycles. The lowest BCUT2D eigenvalue weighted by Gasteiger charge is -2.19. The zero-order valence-electron chi connectivity index (χ0n) is 8.02. The molecule has 0 bridgehead atoms. The Labute approximate surface area is 76.4 Å². The van der Waals surface area contributed by atoms with Gasteiger partial charge in [0.25, 0.3) is 0 Å². The van der Waals surface area contributed by atoms with Gasteiger partial charge in [-0.25, -0.2) is 0 Å². The van der Waals surface area contributed by atoms with Crippen molar-refractivity contribution in [3.8, 4) is 0 Å². The van der Waals surface area contributed by atoms with E-state index in [1.165, 1.54) is 50.5 Å². The summed E-state index contributed by atoms with van der Waals surface area (Å²) in [5.74, 6) is 0.739. The van der Waals surface area contributed by atoms with Crippen LogP contribution in [0.4, 0.5) is 0 Å². The van der Waals surface area contributed by atoms with Crippen molar-refractivity contribution in [1.82, 2.24) is 0 Å². The monoisotopic (exact) mass is 164 g/mol. The molecule has 0 saturated heterocycles. The first-order chi connectivity index (χ1) is 5.84. The predicted octanol–water partition coefficient (Wildman–Crippen LogP) is 4.09. The first-order valence-corrected chi connectivity index (χ1v) is 5.16. The molecule has 0 heteroatoms. The first-order valence-electron chi connectivity index (χ1n) is 5.16. The summed E-state index contributed by atoms with van der Waals surface area (Å²) in [6, 6.07) is 0. The minimum atomic E-state index is 0.739. The van der Waals surface area contributed by atoms with E-state index in [0.717, 1.165) is 5.92 Å². The third-order valence-electron chi connectivity index (χ3n) is 2.89. The lowest BCUT2D eigenvalue weighted by Crippen LogP contribution is -2.04. The summed E-state index contributed by atoms with van der Waals surface area (Å²) in [6.07, 6.45) is 11.7. The summed E-state index contributed by atoms with van der Waals surface area (Å²) in [6.45, 7) is 7.84. The molecule has 0 amide bonds. The second-order valence-corrected chi connectivity index (χ2v) is 3.82. The minimum Gasteiger partial charge on any atom is -0.0988 e. The van der Waals surface area contributed by atoms with Gasteiger partial charge < -0.3 is 0 Å². The summed E-state index contributed by atoms with van der Waals surface area (Å²) >= 11 is 0. The van der Waals surface area contributed by atoms with Crippen LogP contribution in [0.2, 0.25) is 0 Å². The maximum atomic E-state index is 4.05. The van der Waals surface area contributed by atoms with Gasteiger partial charge in [-0.1, -0.05) is 56.9 Å². The molecular weight excluding hydrogens is 144 g/mol. The van der Waals surface area contributed by atoms with Crippen molar-refractivity contribution in [2.75, 3.05) is 0 Å². The van der Waals surface area contributed by atoms with Crippen molar-refractivity contribution in [3.05, 3.63) is 24.8 Å². The van der Waals surface area contributed by atoms with E-state index in [4.69, 9.17) is 0 Å². The molecule has 1 aliphatic rings. The SMILES string of the molecule is C=CC(=C)C1CCCCCCC1. The van der Waals surface area contributed by atoms with Crippen LogP contribution < -0.4 is 0 Å². The van der Waals surface area contributed by atoms with Crippen LogP contribution >= 0.6 is 0 Å². The Morgan fingerprint density at radius 3 is 2.00 bits per heavy atom. The van der Waals surface area contributed by atoms with Gasteiger partial charge >= 0.3 is 0 Å². The van der Waals surface area contributed by atoms with E-state index in [2.05, 4.69) is 13.2 Å². The molecule has 12 heavy (non-hydrogen) atoms. The van der Waals surface area contributed by atoms with Gasteiger partial charge in [-0.15, -0.1) is 0 Å². The highest BCUT2D eigenvalue weighted by molar-refractivity contribution is 5.14. The molecule has 1 rings (SSSR count). The Morgan fingerprint density at radius 2 is 1.50 bits per heavy atom. The van der Waals surface area contributed by atoms with Crippen LogP contribution in [0.5, 0.6) is 0 Å². The maximum absolute atomic E-state index is 4.05. The van der Waals surface area contributed by atoms with Crippen LogP contribution in [0, 0.1) is 5.92 Å². The van der Waals surface area contributed by atoms with Gasteiger partial charge in [0.15, 0.2) is 0 Å². The second kappa shape index (κ2) is 5.18. The topological polar surface area (TPSA) is 0 Å². The van der Waals surface area contributed by atoms with Crippen LogP contribution in [0.1, 0.15) is 44.9 Å². The van der Waals surface area contributed by atoms with Gasteiger partial charge in [0, 0.05) is 0 Å². The third-order valence-corrected chi connectivity index (χ3v) is 2.89. The summed E-state index contributed by atoms with van der Waals surface area (Å²) in [4.78, 5) is 0. The molecule has 68 valence electrons. The summed E-state index contributed by atoms with van der Waals surface area (Å²) in [7, 11) is 0. The Morgan fingerprint density at radius 1 is 1.00 bits per heavy atom. The van der Waals surface area contributed by atoms with Crippen molar-refractivity contribution in [1.29, 1.82) is 0 Å². The van der Waals surface area contributed by atoms with E-state index in [1.54, 1.807) is 0 Å². The Hall–Kier alpha value is -0.520. The second-order valence-electron chi connectivity index (χ2n) is 3.82. The van der Waals surface area contributed by atoms with E-state index in [9.17, 15) is 0 Å². The zero-order valence-corrected chi connectivity index (χ0v) is 8.02. The number of allylic oxidation sites excluding steroid dienone is 2. The van der Waals surface area contributed by atoms with E-state index >= 15 is 0 Å². The largest absolute Gasteiger partial charge is 0.0988 e. The molecule has 1 saturated carbocycles. The highest BCUT2D eigenvalue weighted by atomic mass is 14.2. The molecule has 0 unspecified atom stereocenters. The Bertz CT molecular complexity index is 147. The van der Waals surface area contributed by atoms with E-state index in [0.29, 0.717) is 0 Å². The minimum absolute atomic E-state index is 0.739. The predicted molar refractivity (Wildman–Crippen MR) is 55.1 cm³/mol. The molecule has 0 radical (unpaired) electrons. The van der Waals surface area contributed by atoms with Crippen LogP contribution in [0.15, 0.2) is 24.8 Å². The highest BCUT2D eigenvalue weighted by Crippen LogP contribution is 2.27. The summed E-state index contributed by atoms with van der Waals surface area (Å²) in [5.41, 5.74) is 1.26. The van der Waals surface area contributed by atoms with Gasteiger partial charge in [-0.3, -0.25) is 0 Å². The number of rotatable bonds is 2. The molecule has 1 fully saturated rings. The maximum Gasteiger partial charge on any atom is -0.0168 e. The van der Waals surface area contributed by atoms with Gasteiger partial charge in [-0.05, 0) is 18.8 Å². The smallest absolute Gasteiger partial charge is 0.0168 e.